The summed E-state index contributed by atoms with van der Waals surface area (Å²) in [6.45, 7) is 2.23. The van der Waals surface area contributed by atoms with E-state index in [0.717, 1.165) is 12.8 Å². The van der Waals surface area contributed by atoms with Crippen molar-refractivity contribution >= 4 is 21.6 Å². The first-order valence-corrected chi connectivity index (χ1v) is 7.69. The Morgan fingerprint density at radius 3 is 2.78 bits per heavy atom. The lowest BCUT2D eigenvalue weighted by atomic mass is 10.2. The Balaban J connectivity index is 2.46. The standard InChI is InChI=1S/C12H16ClNO3S/c1-9-3-2-6-14(9)18(16,17)12-7-10(8-15)4-5-11(12)13/h4-5,7,9,15H,2-3,6,8H2,1H3. The minimum absolute atomic E-state index is 0.00356. The van der Waals surface area contributed by atoms with Crippen LogP contribution in [-0.4, -0.2) is 30.4 Å². The molecule has 1 aromatic carbocycles. The van der Waals surface area contributed by atoms with Crippen LogP contribution in [0, 0.1) is 0 Å². The zero-order chi connectivity index (χ0) is 13.3. The predicted molar refractivity (Wildman–Crippen MR) is 70.0 cm³/mol. The van der Waals surface area contributed by atoms with E-state index in [4.69, 9.17) is 16.7 Å². The van der Waals surface area contributed by atoms with Crippen LogP contribution in [0.15, 0.2) is 23.1 Å². The molecule has 1 N–H and O–H groups in total. The van der Waals surface area contributed by atoms with Crippen LogP contribution >= 0.6 is 11.6 Å². The van der Waals surface area contributed by atoms with Gasteiger partial charge in [-0.25, -0.2) is 8.42 Å². The van der Waals surface area contributed by atoms with Crippen molar-refractivity contribution in [1.82, 2.24) is 4.31 Å². The topological polar surface area (TPSA) is 57.6 Å². The highest BCUT2D eigenvalue weighted by molar-refractivity contribution is 7.89. The van der Waals surface area contributed by atoms with Crippen LogP contribution in [-0.2, 0) is 16.6 Å². The number of rotatable bonds is 3. The van der Waals surface area contributed by atoms with Crippen LogP contribution in [0.5, 0.6) is 0 Å². The summed E-state index contributed by atoms with van der Waals surface area (Å²) in [6.07, 6.45) is 1.74. The quantitative estimate of drug-likeness (QED) is 0.926. The molecular formula is C12H16ClNO3S. The van der Waals surface area contributed by atoms with Crippen molar-refractivity contribution in [3.8, 4) is 0 Å². The molecule has 2 rings (SSSR count). The lowest BCUT2D eigenvalue weighted by Gasteiger charge is -2.21. The minimum Gasteiger partial charge on any atom is -0.392 e. The molecule has 0 spiro atoms. The van der Waals surface area contributed by atoms with E-state index in [1.165, 1.54) is 16.4 Å². The van der Waals surface area contributed by atoms with Crippen LogP contribution < -0.4 is 0 Å². The van der Waals surface area contributed by atoms with Gasteiger partial charge in [-0.2, -0.15) is 4.31 Å². The Kier molecular flexibility index (Phi) is 3.96. The van der Waals surface area contributed by atoms with Crippen molar-refractivity contribution in [3.05, 3.63) is 28.8 Å². The zero-order valence-electron chi connectivity index (χ0n) is 10.1. The smallest absolute Gasteiger partial charge is 0.244 e. The molecule has 4 nitrogen and oxygen atoms in total. The van der Waals surface area contributed by atoms with Crippen LogP contribution in [0.25, 0.3) is 0 Å². The highest BCUT2D eigenvalue weighted by Gasteiger charge is 2.33. The van der Waals surface area contributed by atoms with Gasteiger partial charge in [0.2, 0.25) is 10.0 Å². The molecule has 0 bridgehead atoms. The summed E-state index contributed by atoms with van der Waals surface area (Å²) >= 11 is 5.98. The number of benzene rings is 1. The number of hydrogen-bond acceptors (Lipinski definition) is 3. The van der Waals surface area contributed by atoms with Gasteiger partial charge in [0.1, 0.15) is 4.90 Å². The van der Waals surface area contributed by atoms with Gasteiger partial charge >= 0.3 is 0 Å². The Morgan fingerprint density at radius 2 is 2.22 bits per heavy atom. The molecule has 0 aliphatic carbocycles. The highest BCUT2D eigenvalue weighted by Crippen LogP contribution is 2.30. The molecule has 1 saturated heterocycles. The summed E-state index contributed by atoms with van der Waals surface area (Å²) in [4.78, 5) is 0.0875. The second-order valence-electron chi connectivity index (χ2n) is 4.53. The molecule has 1 atom stereocenters. The molecule has 6 heteroatoms. The van der Waals surface area contributed by atoms with Gasteiger partial charge in [-0.05, 0) is 37.5 Å². The Labute approximate surface area is 112 Å². The van der Waals surface area contributed by atoms with Crippen LogP contribution in [0.3, 0.4) is 0 Å². The lowest BCUT2D eigenvalue weighted by Crippen LogP contribution is -2.33. The summed E-state index contributed by atoms with van der Waals surface area (Å²) in [6, 6.07) is 4.59. The summed E-state index contributed by atoms with van der Waals surface area (Å²) in [5.74, 6) is 0. The molecule has 1 unspecified atom stereocenters. The number of nitrogens with zero attached hydrogens (tertiary/aromatic N) is 1. The lowest BCUT2D eigenvalue weighted by molar-refractivity contribution is 0.281. The first kappa shape index (κ1) is 13.8. The number of halogens is 1. The van der Waals surface area contributed by atoms with E-state index in [1.54, 1.807) is 6.07 Å². The maximum absolute atomic E-state index is 12.5. The molecule has 1 fully saturated rings. The predicted octanol–water partition coefficient (Wildman–Crippen LogP) is 2.01. The van der Waals surface area contributed by atoms with Crippen molar-refractivity contribution in [2.45, 2.75) is 37.3 Å². The van der Waals surface area contributed by atoms with Gasteiger partial charge in [-0.1, -0.05) is 17.7 Å². The van der Waals surface area contributed by atoms with Crippen LogP contribution in [0.1, 0.15) is 25.3 Å². The number of aliphatic hydroxyl groups is 1. The fraction of sp³-hybridized carbons (Fsp3) is 0.500. The summed E-state index contributed by atoms with van der Waals surface area (Å²) < 4.78 is 26.5. The van der Waals surface area contributed by atoms with Gasteiger partial charge in [-0.15, -0.1) is 0 Å². The third-order valence-corrected chi connectivity index (χ3v) is 5.75. The molecule has 0 aromatic heterocycles. The van der Waals surface area contributed by atoms with E-state index in [0.29, 0.717) is 12.1 Å². The SMILES string of the molecule is CC1CCCN1S(=O)(=O)c1cc(CO)ccc1Cl. The largest absolute Gasteiger partial charge is 0.392 e. The van der Waals surface area contributed by atoms with Crippen LogP contribution in [0.2, 0.25) is 5.02 Å². The fourth-order valence-electron chi connectivity index (χ4n) is 2.23. The summed E-state index contributed by atoms with van der Waals surface area (Å²) in [5, 5.41) is 9.28. The van der Waals surface area contributed by atoms with E-state index in [9.17, 15) is 8.42 Å². The molecule has 1 aromatic rings. The molecule has 1 heterocycles. The highest BCUT2D eigenvalue weighted by atomic mass is 35.5. The van der Waals surface area contributed by atoms with Gasteiger partial charge in [-0.3, -0.25) is 0 Å². The molecule has 0 amide bonds. The van der Waals surface area contributed by atoms with Crippen molar-refractivity contribution < 1.29 is 13.5 Å². The van der Waals surface area contributed by atoms with Crippen LogP contribution in [0.4, 0.5) is 0 Å². The molecule has 0 saturated carbocycles. The van der Waals surface area contributed by atoms with Gasteiger partial charge in [0.25, 0.3) is 0 Å². The number of hydrogen-bond donors (Lipinski definition) is 1. The normalized spacial score (nSPS) is 21.4. The van der Waals surface area contributed by atoms with E-state index in [-0.39, 0.29) is 22.6 Å². The van der Waals surface area contributed by atoms with Crippen molar-refractivity contribution in [2.24, 2.45) is 0 Å². The van der Waals surface area contributed by atoms with Gasteiger partial charge in [0.05, 0.1) is 11.6 Å². The molecular weight excluding hydrogens is 274 g/mol. The summed E-state index contributed by atoms with van der Waals surface area (Å²) in [5.41, 5.74) is 0.546. The first-order valence-electron chi connectivity index (χ1n) is 5.88. The monoisotopic (exact) mass is 289 g/mol. The van der Waals surface area contributed by atoms with Crippen molar-refractivity contribution in [2.75, 3.05) is 6.54 Å². The average molecular weight is 290 g/mol. The van der Waals surface area contributed by atoms with Crippen molar-refractivity contribution in [3.63, 3.8) is 0 Å². The molecule has 1 aliphatic rings. The average Bonchev–Trinajstić information content (AvgIpc) is 2.76. The Morgan fingerprint density at radius 1 is 1.50 bits per heavy atom. The fourth-order valence-corrected chi connectivity index (χ4v) is 4.46. The van der Waals surface area contributed by atoms with E-state index >= 15 is 0 Å². The molecule has 1 aliphatic heterocycles. The van der Waals surface area contributed by atoms with Gasteiger partial charge in [0.15, 0.2) is 0 Å². The summed E-state index contributed by atoms with van der Waals surface area (Å²) in [7, 11) is -3.56. The number of aliphatic hydroxyl groups excluding tert-OH is 1. The van der Waals surface area contributed by atoms with E-state index in [2.05, 4.69) is 0 Å². The number of sulfonamides is 1. The second-order valence-corrected chi connectivity index (χ2v) is 6.80. The minimum atomic E-state index is -3.56. The Hall–Kier alpha value is -0.620. The van der Waals surface area contributed by atoms with E-state index in [1.807, 2.05) is 6.92 Å². The molecule has 0 radical (unpaired) electrons. The maximum atomic E-state index is 12.5. The van der Waals surface area contributed by atoms with Crippen molar-refractivity contribution in [1.29, 1.82) is 0 Å². The first-order chi connectivity index (χ1) is 8.46. The molecule has 100 valence electrons. The van der Waals surface area contributed by atoms with E-state index < -0.39 is 10.0 Å². The second kappa shape index (κ2) is 5.17. The van der Waals surface area contributed by atoms with Gasteiger partial charge < -0.3 is 5.11 Å². The zero-order valence-corrected chi connectivity index (χ0v) is 11.7. The van der Waals surface area contributed by atoms with Gasteiger partial charge in [0, 0.05) is 12.6 Å². The maximum Gasteiger partial charge on any atom is 0.244 e. The third-order valence-electron chi connectivity index (χ3n) is 3.26. The third kappa shape index (κ3) is 2.40. The Bertz CT molecular complexity index is 544. The molecule has 18 heavy (non-hydrogen) atoms.